The van der Waals surface area contributed by atoms with E-state index < -0.39 is 0 Å². The molecular formula is C11H24N2S. The lowest BCUT2D eigenvalue weighted by molar-refractivity contribution is 0.371. The number of nitrogens with one attached hydrogen (secondary N) is 1. The van der Waals surface area contributed by atoms with Gasteiger partial charge >= 0.3 is 0 Å². The van der Waals surface area contributed by atoms with E-state index in [-0.39, 0.29) is 5.54 Å². The van der Waals surface area contributed by atoms with Crippen molar-refractivity contribution < 1.29 is 0 Å². The molecule has 1 saturated heterocycles. The molecule has 1 aliphatic heterocycles. The van der Waals surface area contributed by atoms with Gasteiger partial charge in [0, 0.05) is 11.3 Å². The zero-order valence-electron chi connectivity index (χ0n) is 9.51. The average Bonchev–Trinajstić information content (AvgIpc) is 2.13. The molecule has 84 valence electrons. The van der Waals surface area contributed by atoms with E-state index in [1.165, 1.54) is 38.1 Å². The SMILES string of the molecule is CC(C)(N)CSCCC1CCCNC1. The predicted octanol–water partition coefficient (Wildman–Crippen LogP) is 1.85. The van der Waals surface area contributed by atoms with E-state index in [1.807, 2.05) is 11.8 Å². The minimum atomic E-state index is -0.00448. The number of piperidine rings is 1. The van der Waals surface area contributed by atoms with Gasteiger partial charge in [0.2, 0.25) is 0 Å². The van der Waals surface area contributed by atoms with Crippen LogP contribution in [0.2, 0.25) is 0 Å². The molecule has 1 atom stereocenters. The van der Waals surface area contributed by atoms with Crippen molar-refractivity contribution in [1.29, 1.82) is 0 Å². The van der Waals surface area contributed by atoms with Gasteiger partial charge < -0.3 is 11.1 Å². The van der Waals surface area contributed by atoms with Crippen LogP contribution in [-0.4, -0.2) is 30.1 Å². The van der Waals surface area contributed by atoms with Gasteiger partial charge in [0.05, 0.1) is 0 Å². The quantitative estimate of drug-likeness (QED) is 0.689. The molecule has 0 aromatic heterocycles. The van der Waals surface area contributed by atoms with Crippen molar-refractivity contribution in [3.63, 3.8) is 0 Å². The van der Waals surface area contributed by atoms with Crippen LogP contribution in [0, 0.1) is 5.92 Å². The maximum Gasteiger partial charge on any atom is 0.0188 e. The topological polar surface area (TPSA) is 38.0 Å². The Bertz CT molecular complexity index is 148. The second kappa shape index (κ2) is 5.99. The Balaban J connectivity index is 1.97. The third kappa shape index (κ3) is 5.89. The summed E-state index contributed by atoms with van der Waals surface area (Å²) in [5.74, 6) is 3.26. The fourth-order valence-electron chi connectivity index (χ4n) is 1.76. The highest BCUT2D eigenvalue weighted by molar-refractivity contribution is 7.99. The lowest BCUT2D eigenvalue weighted by atomic mass is 9.97. The molecule has 2 nitrogen and oxygen atoms in total. The fourth-order valence-corrected chi connectivity index (χ4v) is 2.93. The maximum atomic E-state index is 5.92. The molecule has 1 heterocycles. The summed E-state index contributed by atoms with van der Waals surface area (Å²) in [5.41, 5.74) is 5.92. The molecule has 3 heteroatoms. The molecule has 14 heavy (non-hydrogen) atoms. The molecule has 0 aromatic rings. The number of hydrogen-bond acceptors (Lipinski definition) is 3. The summed E-state index contributed by atoms with van der Waals surface area (Å²) in [6.07, 6.45) is 4.13. The molecule has 0 saturated carbocycles. The van der Waals surface area contributed by atoms with Crippen molar-refractivity contribution in [2.45, 2.75) is 38.6 Å². The Labute approximate surface area is 92.4 Å². The molecule has 0 spiro atoms. The first-order valence-electron chi connectivity index (χ1n) is 5.65. The average molecular weight is 216 g/mol. The molecule has 0 bridgehead atoms. The molecular weight excluding hydrogens is 192 g/mol. The smallest absolute Gasteiger partial charge is 0.0188 e. The number of nitrogens with two attached hydrogens (primary N) is 1. The summed E-state index contributed by atoms with van der Waals surface area (Å²) in [7, 11) is 0. The van der Waals surface area contributed by atoms with Gasteiger partial charge in [-0.25, -0.2) is 0 Å². The normalized spacial score (nSPS) is 23.8. The van der Waals surface area contributed by atoms with E-state index in [9.17, 15) is 0 Å². The summed E-state index contributed by atoms with van der Waals surface area (Å²) in [6, 6.07) is 0. The van der Waals surface area contributed by atoms with E-state index >= 15 is 0 Å². The van der Waals surface area contributed by atoms with Crippen LogP contribution in [0.5, 0.6) is 0 Å². The van der Waals surface area contributed by atoms with E-state index in [0.29, 0.717) is 0 Å². The van der Waals surface area contributed by atoms with Crippen molar-refractivity contribution >= 4 is 11.8 Å². The van der Waals surface area contributed by atoms with Gasteiger partial charge in [0.25, 0.3) is 0 Å². The van der Waals surface area contributed by atoms with E-state index in [2.05, 4.69) is 19.2 Å². The van der Waals surface area contributed by atoms with Crippen molar-refractivity contribution in [3.05, 3.63) is 0 Å². The summed E-state index contributed by atoms with van der Waals surface area (Å²) in [5, 5.41) is 3.46. The van der Waals surface area contributed by atoms with E-state index in [1.54, 1.807) is 0 Å². The van der Waals surface area contributed by atoms with Crippen molar-refractivity contribution in [1.82, 2.24) is 5.32 Å². The van der Waals surface area contributed by atoms with Gasteiger partial charge in [0.15, 0.2) is 0 Å². The van der Waals surface area contributed by atoms with Crippen LogP contribution in [0.3, 0.4) is 0 Å². The number of thioether (sulfide) groups is 1. The van der Waals surface area contributed by atoms with Gasteiger partial charge in [0.1, 0.15) is 0 Å². The zero-order valence-corrected chi connectivity index (χ0v) is 10.3. The van der Waals surface area contributed by atoms with Crippen molar-refractivity contribution in [2.24, 2.45) is 11.7 Å². The van der Waals surface area contributed by atoms with Crippen molar-refractivity contribution in [2.75, 3.05) is 24.6 Å². The number of hydrogen-bond donors (Lipinski definition) is 2. The molecule has 0 radical (unpaired) electrons. The predicted molar refractivity (Wildman–Crippen MR) is 65.8 cm³/mol. The summed E-state index contributed by atoms with van der Waals surface area (Å²) < 4.78 is 0. The first-order valence-corrected chi connectivity index (χ1v) is 6.81. The minimum Gasteiger partial charge on any atom is -0.325 e. The van der Waals surface area contributed by atoms with Crippen molar-refractivity contribution in [3.8, 4) is 0 Å². The molecule has 1 aliphatic rings. The van der Waals surface area contributed by atoms with Crippen LogP contribution >= 0.6 is 11.8 Å². The van der Waals surface area contributed by atoms with E-state index in [4.69, 9.17) is 5.73 Å². The Morgan fingerprint density at radius 1 is 1.50 bits per heavy atom. The van der Waals surface area contributed by atoms with Gasteiger partial charge in [-0.1, -0.05) is 0 Å². The minimum absolute atomic E-state index is 0.00448. The Kier molecular flexibility index (Phi) is 5.28. The second-order valence-corrected chi connectivity index (χ2v) is 6.15. The van der Waals surface area contributed by atoms with Crippen LogP contribution in [0.15, 0.2) is 0 Å². The lowest BCUT2D eigenvalue weighted by Crippen LogP contribution is -2.35. The Morgan fingerprint density at radius 2 is 2.29 bits per heavy atom. The summed E-state index contributed by atoms with van der Waals surface area (Å²) in [6.45, 7) is 6.65. The van der Waals surface area contributed by atoms with Gasteiger partial charge in [-0.05, 0) is 57.9 Å². The largest absolute Gasteiger partial charge is 0.325 e. The molecule has 0 aromatic carbocycles. The lowest BCUT2D eigenvalue weighted by Gasteiger charge is -2.23. The Hall–Kier alpha value is 0.270. The zero-order chi connectivity index (χ0) is 10.4. The van der Waals surface area contributed by atoms with Crippen LogP contribution < -0.4 is 11.1 Å². The highest BCUT2D eigenvalue weighted by atomic mass is 32.2. The highest BCUT2D eigenvalue weighted by Gasteiger charge is 2.14. The molecule has 0 amide bonds. The molecule has 3 N–H and O–H groups in total. The second-order valence-electron chi connectivity index (χ2n) is 5.04. The van der Waals surface area contributed by atoms with E-state index in [0.717, 1.165) is 11.7 Å². The summed E-state index contributed by atoms with van der Waals surface area (Å²) >= 11 is 2.00. The van der Waals surface area contributed by atoms with Crippen LogP contribution in [0.4, 0.5) is 0 Å². The monoisotopic (exact) mass is 216 g/mol. The molecule has 1 rings (SSSR count). The van der Waals surface area contributed by atoms with Gasteiger partial charge in [-0.2, -0.15) is 11.8 Å². The number of rotatable bonds is 5. The molecule has 1 fully saturated rings. The van der Waals surface area contributed by atoms with Crippen LogP contribution in [0.1, 0.15) is 33.1 Å². The highest BCUT2D eigenvalue weighted by Crippen LogP contribution is 2.18. The van der Waals surface area contributed by atoms with Crippen LogP contribution in [-0.2, 0) is 0 Å². The maximum absolute atomic E-state index is 5.92. The third-order valence-electron chi connectivity index (χ3n) is 2.54. The first-order chi connectivity index (χ1) is 6.58. The van der Waals surface area contributed by atoms with Crippen LogP contribution in [0.25, 0.3) is 0 Å². The van der Waals surface area contributed by atoms with Gasteiger partial charge in [-0.3, -0.25) is 0 Å². The first kappa shape index (κ1) is 12.3. The Morgan fingerprint density at radius 3 is 2.86 bits per heavy atom. The summed E-state index contributed by atoms with van der Waals surface area (Å²) in [4.78, 5) is 0. The molecule has 1 unspecified atom stereocenters. The van der Waals surface area contributed by atoms with Gasteiger partial charge in [-0.15, -0.1) is 0 Å². The fraction of sp³-hybridized carbons (Fsp3) is 1.00. The standard InChI is InChI=1S/C11H24N2S/c1-11(2,12)9-14-7-5-10-4-3-6-13-8-10/h10,13H,3-9,12H2,1-2H3. The molecule has 0 aliphatic carbocycles. The third-order valence-corrected chi connectivity index (χ3v) is 4.02.